The third-order valence-corrected chi connectivity index (χ3v) is 1.16. The zero-order valence-electron chi connectivity index (χ0n) is 5.67. The molecule has 11 heavy (non-hydrogen) atoms. The van der Waals surface area contributed by atoms with Crippen LogP contribution < -0.4 is 0 Å². The van der Waals surface area contributed by atoms with Gasteiger partial charge in [0, 0.05) is 0 Å². The number of hydrogen-bond donors (Lipinski definition) is 1. The van der Waals surface area contributed by atoms with Crippen LogP contribution in [0.2, 0.25) is 0 Å². The normalized spacial score (nSPS) is 9.91. The summed E-state index contributed by atoms with van der Waals surface area (Å²) >= 11 is 0. The standard InChI is InChI=1S/C5H7N3O3/c9-2-1-7-4-5(3-6-7)8(10)11/h3-4,9H,1-2H2. The molecule has 0 radical (unpaired) electrons. The number of nitro groups is 1. The fraction of sp³-hybridized carbons (Fsp3) is 0.400. The van der Waals surface area contributed by atoms with E-state index in [0.29, 0.717) is 0 Å². The monoisotopic (exact) mass is 157 g/mol. The third-order valence-electron chi connectivity index (χ3n) is 1.16. The second-order valence-electron chi connectivity index (χ2n) is 1.94. The summed E-state index contributed by atoms with van der Waals surface area (Å²) in [6.45, 7) is 0.215. The number of aliphatic hydroxyl groups excluding tert-OH is 1. The molecular formula is C5H7N3O3. The highest BCUT2D eigenvalue weighted by Crippen LogP contribution is 2.06. The van der Waals surface area contributed by atoms with Crippen molar-refractivity contribution in [2.75, 3.05) is 6.61 Å². The van der Waals surface area contributed by atoms with Crippen LogP contribution in [0.3, 0.4) is 0 Å². The summed E-state index contributed by atoms with van der Waals surface area (Å²) in [7, 11) is 0. The molecule has 0 atom stereocenters. The van der Waals surface area contributed by atoms with Gasteiger partial charge in [-0.3, -0.25) is 14.8 Å². The Morgan fingerprint density at radius 2 is 2.55 bits per heavy atom. The van der Waals surface area contributed by atoms with Crippen molar-refractivity contribution in [1.82, 2.24) is 9.78 Å². The van der Waals surface area contributed by atoms with Crippen LogP contribution in [0.5, 0.6) is 0 Å². The number of rotatable bonds is 3. The molecule has 6 nitrogen and oxygen atoms in total. The Kier molecular flexibility index (Phi) is 2.17. The second-order valence-corrected chi connectivity index (χ2v) is 1.94. The smallest absolute Gasteiger partial charge is 0.306 e. The highest BCUT2D eigenvalue weighted by Gasteiger charge is 2.07. The summed E-state index contributed by atoms with van der Waals surface area (Å²) in [4.78, 5) is 9.58. The first-order valence-corrected chi connectivity index (χ1v) is 3.01. The molecule has 0 bridgehead atoms. The van der Waals surface area contributed by atoms with Crippen molar-refractivity contribution in [3.63, 3.8) is 0 Å². The lowest BCUT2D eigenvalue weighted by Gasteiger charge is -1.92. The molecule has 0 saturated heterocycles. The predicted octanol–water partition coefficient (Wildman–Crippen LogP) is -0.216. The maximum atomic E-state index is 10.1. The van der Waals surface area contributed by atoms with E-state index >= 15 is 0 Å². The maximum absolute atomic E-state index is 10.1. The van der Waals surface area contributed by atoms with Gasteiger partial charge in [-0.25, -0.2) is 0 Å². The molecule has 1 heterocycles. The molecule has 0 aliphatic carbocycles. The van der Waals surface area contributed by atoms with E-state index < -0.39 is 4.92 Å². The molecule has 0 amide bonds. The van der Waals surface area contributed by atoms with Crippen LogP contribution in [0.4, 0.5) is 5.69 Å². The molecule has 1 aromatic heterocycles. The van der Waals surface area contributed by atoms with E-state index in [0.717, 1.165) is 6.20 Å². The largest absolute Gasteiger partial charge is 0.394 e. The lowest BCUT2D eigenvalue weighted by atomic mass is 10.6. The molecular weight excluding hydrogens is 150 g/mol. The van der Waals surface area contributed by atoms with E-state index in [1.807, 2.05) is 0 Å². The van der Waals surface area contributed by atoms with Gasteiger partial charge in [0.15, 0.2) is 0 Å². The van der Waals surface area contributed by atoms with E-state index in [-0.39, 0.29) is 18.8 Å². The average molecular weight is 157 g/mol. The van der Waals surface area contributed by atoms with Gasteiger partial charge < -0.3 is 5.11 Å². The SMILES string of the molecule is O=[N+]([O-])c1cnn(CCO)c1. The van der Waals surface area contributed by atoms with Crippen LogP contribution in [-0.2, 0) is 6.54 Å². The summed E-state index contributed by atoms with van der Waals surface area (Å²) in [6.07, 6.45) is 2.42. The van der Waals surface area contributed by atoms with Gasteiger partial charge in [-0.2, -0.15) is 5.10 Å². The first-order chi connectivity index (χ1) is 5.24. The van der Waals surface area contributed by atoms with Crippen molar-refractivity contribution >= 4 is 5.69 Å². The summed E-state index contributed by atoms with van der Waals surface area (Å²) < 4.78 is 1.32. The van der Waals surface area contributed by atoms with E-state index in [2.05, 4.69) is 5.10 Å². The van der Waals surface area contributed by atoms with Gasteiger partial charge >= 0.3 is 5.69 Å². The van der Waals surface area contributed by atoms with Gasteiger partial charge in [-0.15, -0.1) is 0 Å². The lowest BCUT2D eigenvalue weighted by molar-refractivity contribution is -0.385. The quantitative estimate of drug-likeness (QED) is 0.486. The van der Waals surface area contributed by atoms with Crippen LogP contribution in [0.25, 0.3) is 0 Å². The van der Waals surface area contributed by atoms with Crippen molar-refractivity contribution in [3.05, 3.63) is 22.5 Å². The first kappa shape index (κ1) is 7.67. The Bertz CT molecular complexity index is 257. The molecule has 0 aliphatic heterocycles. The topological polar surface area (TPSA) is 81.2 Å². The number of aromatic nitrogens is 2. The van der Waals surface area contributed by atoms with E-state index in [4.69, 9.17) is 5.11 Å². The summed E-state index contributed by atoms with van der Waals surface area (Å²) in [5.41, 5.74) is -0.0570. The minimum absolute atomic E-state index is 0.0570. The third kappa shape index (κ3) is 1.74. The van der Waals surface area contributed by atoms with Gasteiger partial charge in [0.05, 0.1) is 18.1 Å². The van der Waals surface area contributed by atoms with Crippen molar-refractivity contribution in [2.45, 2.75) is 6.54 Å². The zero-order valence-corrected chi connectivity index (χ0v) is 5.67. The van der Waals surface area contributed by atoms with Gasteiger partial charge in [0.1, 0.15) is 12.4 Å². The van der Waals surface area contributed by atoms with Crippen LogP contribution in [0, 0.1) is 10.1 Å². The molecule has 6 heteroatoms. The molecule has 60 valence electrons. The minimum Gasteiger partial charge on any atom is -0.394 e. The number of hydrogen-bond acceptors (Lipinski definition) is 4. The predicted molar refractivity (Wildman–Crippen MR) is 36.0 cm³/mol. The van der Waals surface area contributed by atoms with Crippen molar-refractivity contribution in [1.29, 1.82) is 0 Å². The fourth-order valence-corrected chi connectivity index (χ4v) is 0.672. The Morgan fingerprint density at radius 1 is 1.82 bits per heavy atom. The van der Waals surface area contributed by atoms with Crippen LogP contribution >= 0.6 is 0 Å². The molecule has 0 aliphatic rings. The minimum atomic E-state index is -0.527. The van der Waals surface area contributed by atoms with E-state index in [1.54, 1.807) is 0 Å². The van der Waals surface area contributed by atoms with Crippen molar-refractivity contribution in [2.24, 2.45) is 0 Å². The lowest BCUT2D eigenvalue weighted by Crippen LogP contribution is -2.01. The zero-order chi connectivity index (χ0) is 8.27. The highest BCUT2D eigenvalue weighted by atomic mass is 16.6. The second kappa shape index (κ2) is 3.11. The van der Waals surface area contributed by atoms with Gasteiger partial charge in [-0.1, -0.05) is 0 Å². The van der Waals surface area contributed by atoms with Crippen LogP contribution in [0.15, 0.2) is 12.4 Å². The molecule has 1 aromatic rings. The summed E-state index contributed by atoms with van der Waals surface area (Å²) in [5.74, 6) is 0. The van der Waals surface area contributed by atoms with E-state index in [1.165, 1.54) is 10.9 Å². The molecule has 1 rings (SSSR count). The molecule has 0 spiro atoms. The molecule has 0 aromatic carbocycles. The Labute approximate surface area is 62.2 Å². The summed E-state index contributed by atoms with van der Waals surface area (Å²) in [6, 6.07) is 0. The Hall–Kier alpha value is -1.43. The van der Waals surface area contributed by atoms with Crippen molar-refractivity contribution in [3.8, 4) is 0 Å². The van der Waals surface area contributed by atoms with E-state index in [9.17, 15) is 10.1 Å². The Morgan fingerprint density at radius 3 is 3.00 bits per heavy atom. The highest BCUT2D eigenvalue weighted by molar-refractivity contribution is 5.20. The van der Waals surface area contributed by atoms with Gasteiger partial charge in [0.25, 0.3) is 0 Å². The summed E-state index contributed by atoms with van der Waals surface area (Å²) in [5, 5.41) is 22.2. The van der Waals surface area contributed by atoms with Crippen LogP contribution in [-0.4, -0.2) is 26.4 Å². The molecule has 1 N–H and O–H groups in total. The number of aliphatic hydroxyl groups is 1. The molecule has 0 fully saturated rings. The van der Waals surface area contributed by atoms with Gasteiger partial charge in [0.2, 0.25) is 0 Å². The number of nitrogens with zero attached hydrogens (tertiary/aromatic N) is 3. The molecule has 0 unspecified atom stereocenters. The Balaban J connectivity index is 2.73. The fourth-order valence-electron chi connectivity index (χ4n) is 0.672. The molecule has 0 saturated carbocycles. The average Bonchev–Trinajstić information content (AvgIpc) is 2.37. The maximum Gasteiger partial charge on any atom is 0.306 e. The van der Waals surface area contributed by atoms with Crippen molar-refractivity contribution < 1.29 is 10.0 Å². The van der Waals surface area contributed by atoms with Gasteiger partial charge in [-0.05, 0) is 0 Å². The first-order valence-electron chi connectivity index (χ1n) is 3.01. The van der Waals surface area contributed by atoms with Crippen LogP contribution in [0.1, 0.15) is 0 Å².